The summed E-state index contributed by atoms with van der Waals surface area (Å²) in [5, 5.41) is 4.39. The van der Waals surface area contributed by atoms with Crippen LogP contribution in [0.2, 0.25) is 5.02 Å². The Morgan fingerprint density at radius 1 is 1.47 bits per heavy atom. The Kier molecular flexibility index (Phi) is 5.64. The van der Waals surface area contributed by atoms with Crippen molar-refractivity contribution in [1.29, 1.82) is 0 Å². The third kappa shape index (κ3) is 3.93. The SMILES string of the molecule is CCCNC(c1ccccc1Cl)C1CN(C)CCO1. The highest BCUT2D eigenvalue weighted by atomic mass is 35.5. The Balaban J connectivity index is 2.17. The second-order valence-electron chi connectivity index (χ2n) is 5.12. The van der Waals surface area contributed by atoms with Crippen molar-refractivity contribution in [2.45, 2.75) is 25.5 Å². The number of halogens is 1. The Bertz CT molecular complexity index is 399. The number of hydrogen-bond acceptors (Lipinski definition) is 3. The monoisotopic (exact) mass is 282 g/mol. The highest BCUT2D eigenvalue weighted by molar-refractivity contribution is 6.31. The first kappa shape index (κ1) is 14.8. The minimum atomic E-state index is 0.158. The summed E-state index contributed by atoms with van der Waals surface area (Å²) >= 11 is 6.34. The minimum absolute atomic E-state index is 0.158. The number of ether oxygens (including phenoxy) is 1. The van der Waals surface area contributed by atoms with E-state index in [1.807, 2.05) is 18.2 Å². The zero-order valence-electron chi connectivity index (χ0n) is 11.7. The second-order valence-corrected chi connectivity index (χ2v) is 5.53. The predicted octanol–water partition coefficient (Wildman–Crippen LogP) is 2.71. The topological polar surface area (TPSA) is 24.5 Å². The lowest BCUT2D eigenvalue weighted by atomic mass is 9.99. The van der Waals surface area contributed by atoms with Gasteiger partial charge in [-0.2, -0.15) is 0 Å². The molecule has 2 atom stereocenters. The predicted molar refractivity (Wildman–Crippen MR) is 79.7 cm³/mol. The molecule has 0 aliphatic carbocycles. The molecule has 0 bridgehead atoms. The molecular formula is C15H23ClN2O. The van der Waals surface area contributed by atoms with Crippen molar-refractivity contribution in [2.75, 3.05) is 33.3 Å². The second kappa shape index (κ2) is 7.25. The maximum atomic E-state index is 6.34. The van der Waals surface area contributed by atoms with Crippen molar-refractivity contribution in [3.63, 3.8) is 0 Å². The molecule has 0 spiro atoms. The first-order valence-corrected chi connectivity index (χ1v) is 7.38. The zero-order valence-corrected chi connectivity index (χ0v) is 12.5. The van der Waals surface area contributed by atoms with Gasteiger partial charge in [0.15, 0.2) is 0 Å². The lowest BCUT2D eigenvalue weighted by Crippen LogP contribution is -2.47. The van der Waals surface area contributed by atoms with E-state index in [0.717, 1.165) is 43.2 Å². The molecule has 1 aromatic carbocycles. The Labute approximate surface area is 120 Å². The standard InChI is InChI=1S/C15H23ClN2O/c1-3-8-17-15(12-6-4-5-7-13(12)16)14-11-18(2)9-10-19-14/h4-7,14-15,17H,3,8-11H2,1-2H3. The van der Waals surface area contributed by atoms with E-state index in [2.05, 4.69) is 30.3 Å². The maximum Gasteiger partial charge on any atom is 0.0897 e. The van der Waals surface area contributed by atoms with Crippen molar-refractivity contribution < 1.29 is 4.74 Å². The molecule has 0 amide bonds. The van der Waals surface area contributed by atoms with Gasteiger partial charge < -0.3 is 15.0 Å². The Hall–Kier alpha value is -0.610. The van der Waals surface area contributed by atoms with E-state index in [1.165, 1.54) is 0 Å². The van der Waals surface area contributed by atoms with Crippen LogP contribution in [0.25, 0.3) is 0 Å². The van der Waals surface area contributed by atoms with Gasteiger partial charge in [-0.1, -0.05) is 36.7 Å². The van der Waals surface area contributed by atoms with Gasteiger partial charge in [-0.3, -0.25) is 0 Å². The third-order valence-corrected chi connectivity index (χ3v) is 3.87. The van der Waals surface area contributed by atoms with Gasteiger partial charge in [0.2, 0.25) is 0 Å². The van der Waals surface area contributed by atoms with E-state index in [1.54, 1.807) is 0 Å². The molecule has 1 saturated heterocycles. The van der Waals surface area contributed by atoms with Crippen LogP contribution in [0.4, 0.5) is 0 Å². The van der Waals surface area contributed by atoms with E-state index < -0.39 is 0 Å². The van der Waals surface area contributed by atoms with Crippen LogP contribution in [0.5, 0.6) is 0 Å². The Morgan fingerprint density at radius 3 is 2.95 bits per heavy atom. The van der Waals surface area contributed by atoms with Gasteiger partial charge in [-0.25, -0.2) is 0 Å². The van der Waals surface area contributed by atoms with E-state index >= 15 is 0 Å². The molecule has 1 fully saturated rings. The third-order valence-electron chi connectivity index (χ3n) is 3.52. The van der Waals surface area contributed by atoms with Crippen LogP contribution in [0.1, 0.15) is 24.9 Å². The summed E-state index contributed by atoms with van der Waals surface area (Å²) in [5.74, 6) is 0. The van der Waals surface area contributed by atoms with Gasteiger partial charge in [-0.05, 0) is 31.6 Å². The van der Waals surface area contributed by atoms with Crippen LogP contribution in [0.15, 0.2) is 24.3 Å². The molecule has 1 aliphatic heterocycles. The number of benzene rings is 1. The molecule has 0 aromatic heterocycles. The fraction of sp³-hybridized carbons (Fsp3) is 0.600. The summed E-state index contributed by atoms with van der Waals surface area (Å²) in [6.45, 7) is 5.87. The average molecular weight is 283 g/mol. The zero-order chi connectivity index (χ0) is 13.7. The summed E-state index contributed by atoms with van der Waals surface area (Å²) in [5.41, 5.74) is 1.14. The van der Waals surface area contributed by atoms with Crippen LogP contribution in [-0.4, -0.2) is 44.3 Å². The molecule has 1 heterocycles. The number of nitrogens with one attached hydrogen (secondary N) is 1. The largest absolute Gasteiger partial charge is 0.374 e. The Morgan fingerprint density at radius 2 is 2.26 bits per heavy atom. The average Bonchev–Trinajstić information content (AvgIpc) is 2.41. The van der Waals surface area contributed by atoms with Crippen LogP contribution in [0, 0.1) is 0 Å². The van der Waals surface area contributed by atoms with Gasteiger partial charge in [-0.15, -0.1) is 0 Å². The van der Waals surface area contributed by atoms with Crippen molar-refractivity contribution in [2.24, 2.45) is 0 Å². The first-order chi connectivity index (χ1) is 9.22. The number of likely N-dealkylation sites (N-methyl/N-ethyl adjacent to an activating group) is 1. The fourth-order valence-electron chi connectivity index (χ4n) is 2.48. The number of nitrogens with zero attached hydrogens (tertiary/aromatic N) is 1. The van der Waals surface area contributed by atoms with Gasteiger partial charge in [0.1, 0.15) is 0 Å². The minimum Gasteiger partial charge on any atom is -0.374 e. The summed E-state index contributed by atoms with van der Waals surface area (Å²) in [7, 11) is 2.14. The molecular weight excluding hydrogens is 260 g/mol. The summed E-state index contributed by atoms with van der Waals surface area (Å²) in [6, 6.07) is 8.21. The van der Waals surface area contributed by atoms with E-state index in [9.17, 15) is 0 Å². The summed E-state index contributed by atoms with van der Waals surface area (Å²) < 4.78 is 5.95. The van der Waals surface area contributed by atoms with E-state index in [4.69, 9.17) is 16.3 Å². The molecule has 1 N–H and O–H groups in total. The van der Waals surface area contributed by atoms with Crippen LogP contribution >= 0.6 is 11.6 Å². The molecule has 2 unspecified atom stereocenters. The van der Waals surface area contributed by atoms with E-state index in [0.29, 0.717) is 0 Å². The van der Waals surface area contributed by atoms with Gasteiger partial charge in [0.25, 0.3) is 0 Å². The quantitative estimate of drug-likeness (QED) is 0.899. The molecule has 1 aromatic rings. The first-order valence-electron chi connectivity index (χ1n) is 7.00. The number of rotatable bonds is 5. The molecule has 2 rings (SSSR count). The van der Waals surface area contributed by atoms with Crippen LogP contribution in [0.3, 0.4) is 0 Å². The highest BCUT2D eigenvalue weighted by Gasteiger charge is 2.28. The lowest BCUT2D eigenvalue weighted by Gasteiger charge is -2.36. The van der Waals surface area contributed by atoms with Gasteiger partial charge in [0, 0.05) is 18.1 Å². The van der Waals surface area contributed by atoms with Gasteiger partial charge >= 0.3 is 0 Å². The summed E-state index contributed by atoms with van der Waals surface area (Å²) in [6.07, 6.45) is 1.26. The molecule has 0 radical (unpaired) electrons. The van der Waals surface area contributed by atoms with E-state index in [-0.39, 0.29) is 12.1 Å². The molecule has 19 heavy (non-hydrogen) atoms. The smallest absolute Gasteiger partial charge is 0.0897 e. The maximum absolute atomic E-state index is 6.34. The van der Waals surface area contributed by atoms with Crippen molar-refractivity contribution in [1.82, 2.24) is 10.2 Å². The number of hydrogen-bond donors (Lipinski definition) is 1. The summed E-state index contributed by atoms with van der Waals surface area (Å²) in [4.78, 5) is 2.31. The number of morpholine rings is 1. The van der Waals surface area contributed by atoms with Crippen molar-refractivity contribution in [3.05, 3.63) is 34.9 Å². The molecule has 0 saturated carbocycles. The van der Waals surface area contributed by atoms with Crippen molar-refractivity contribution >= 4 is 11.6 Å². The van der Waals surface area contributed by atoms with Crippen LogP contribution in [-0.2, 0) is 4.74 Å². The normalized spacial score (nSPS) is 22.4. The van der Waals surface area contributed by atoms with Gasteiger partial charge in [0.05, 0.1) is 18.8 Å². The molecule has 106 valence electrons. The highest BCUT2D eigenvalue weighted by Crippen LogP contribution is 2.28. The molecule has 3 nitrogen and oxygen atoms in total. The fourth-order valence-corrected chi connectivity index (χ4v) is 2.73. The molecule has 4 heteroatoms. The van der Waals surface area contributed by atoms with Crippen LogP contribution < -0.4 is 5.32 Å². The lowest BCUT2D eigenvalue weighted by molar-refractivity contribution is -0.0392. The van der Waals surface area contributed by atoms with Crippen molar-refractivity contribution in [3.8, 4) is 0 Å². The molecule has 1 aliphatic rings.